The zero-order valence-electron chi connectivity index (χ0n) is 16.5. The molecule has 0 fully saturated rings. The van der Waals surface area contributed by atoms with E-state index in [-0.39, 0.29) is 11.7 Å². The maximum Gasteiger partial charge on any atom is 0.267 e. The van der Waals surface area contributed by atoms with Crippen molar-refractivity contribution < 1.29 is 9.59 Å². The van der Waals surface area contributed by atoms with Crippen LogP contribution in [0.25, 0.3) is 11.1 Å². The number of hydrogen-bond donors (Lipinski definition) is 2. The van der Waals surface area contributed by atoms with Crippen molar-refractivity contribution >= 4 is 11.7 Å². The molecule has 0 atom stereocenters. The van der Waals surface area contributed by atoms with Gasteiger partial charge in [0.15, 0.2) is 5.78 Å². The number of aromatic nitrogens is 1. The Bertz CT molecular complexity index is 972. The summed E-state index contributed by atoms with van der Waals surface area (Å²) in [5, 5.41) is 2.93. The summed E-state index contributed by atoms with van der Waals surface area (Å²) in [5.74, 6) is -0.304. The van der Waals surface area contributed by atoms with Crippen LogP contribution in [0.2, 0.25) is 0 Å². The molecule has 2 N–H and O–H groups in total. The van der Waals surface area contributed by atoms with Gasteiger partial charge in [-0.1, -0.05) is 48.5 Å². The minimum absolute atomic E-state index is 0.0710. The van der Waals surface area contributed by atoms with Crippen molar-refractivity contribution in [1.29, 1.82) is 0 Å². The average Bonchev–Trinajstić information content (AvgIpc) is 3.17. The van der Waals surface area contributed by atoms with E-state index < -0.39 is 0 Å². The standard InChI is InChI=1S/C23H25N3O2/c1-16(27)20-12-22(24-14-20)23(28)25-13-19-6-4-5-7-21(19)18-10-8-17(9-11-18)15-26(2)3/h4-12,14,24H,13,15H2,1-3H3,(H,25,28). The number of amides is 1. The fraction of sp³-hybridized carbons (Fsp3) is 0.217. The number of aromatic amines is 1. The summed E-state index contributed by atoms with van der Waals surface area (Å²) in [5.41, 5.74) is 5.39. The fourth-order valence-corrected chi connectivity index (χ4v) is 3.11. The lowest BCUT2D eigenvalue weighted by molar-refractivity contribution is 0.0946. The summed E-state index contributed by atoms with van der Waals surface area (Å²) in [6, 6.07) is 18.1. The van der Waals surface area contributed by atoms with E-state index in [9.17, 15) is 9.59 Å². The first-order valence-corrected chi connectivity index (χ1v) is 9.23. The zero-order chi connectivity index (χ0) is 20.1. The molecule has 2 aromatic carbocycles. The number of ketones is 1. The van der Waals surface area contributed by atoms with Gasteiger partial charge in [-0.15, -0.1) is 0 Å². The molecule has 0 aliphatic heterocycles. The summed E-state index contributed by atoms with van der Waals surface area (Å²) in [4.78, 5) is 28.8. The Balaban J connectivity index is 1.73. The van der Waals surface area contributed by atoms with Gasteiger partial charge in [-0.3, -0.25) is 9.59 Å². The molecule has 0 radical (unpaired) electrons. The monoisotopic (exact) mass is 375 g/mol. The van der Waals surface area contributed by atoms with Crippen LogP contribution >= 0.6 is 0 Å². The molecule has 0 bridgehead atoms. The molecule has 1 aromatic heterocycles. The molecule has 1 amide bonds. The van der Waals surface area contributed by atoms with Crippen LogP contribution in [0.5, 0.6) is 0 Å². The molecule has 0 saturated heterocycles. The summed E-state index contributed by atoms with van der Waals surface area (Å²) in [7, 11) is 4.10. The molecular weight excluding hydrogens is 350 g/mol. The number of H-pyrrole nitrogens is 1. The second-order valence-electron chi connectivity index (χ2n) is 7.13. The van der Waals surface area contributed by atoms with Gasteiger partial charge in [0.05, 0.1) is 0 Å². The molecule has 28 heavy (non-hydrogen) atoms. The van der Waals surface area contributed by atoms with Crippen molar-refractivity contribution in [3.63, 3.8) is 0 Å². The van der Waals surface area contributed by atoms with Crippen LogP contribution in [-0.4, -0.2) is 35.7 Å². The number of benzene rings is 2. The Kier molecular flexibility index (Phi) is 6.06. The van der Waals surface area contributed by atoms with E-state index in [4.69, 9.17) is 0 Å². The van der Waals surface area contributed by atoms with Crippen LogP contribution in [0, 0.1) is 0 Å². The second-order valence-corrected chi connectivity index (χ2v) is 7.13. The third-order valence-electron chi connectivity index (χ3n) is 4.55. The summed E-state index contributed by atoms with van der Waals surface area (Å²) < 4.78 is 0. The van der Waals surface area contributed by atoms with Crippen LogP contribution in [0.4, 0.5) is 0 Å². The first-order valence-electron chi connectivity index (χ1n) is 9.23. The van der Waals surface area contributed by atoms with Gasteiger partial charge in [0, 0.05) is 24.8 Å². The maximum atomic E-state index is 12.4. The summed E-state index contributed by atoms with van der Waals surface area (Å²) in [6.07, 6.45) is 1.56. The minimum atomic E-state index is -0.233. The van der Waals surface area contributed by atoms with E-state index in [0.29, 0.717) is 17.8 Å². The molecule has 0 aliphatic rings. The van der Waals surface area contributed by atoms with Gasteiger partial charge in [0.1, 0.15) is 5.69 Å². The van der Waals surface area contributed by atoms with Gasteiger partial charge in [-0.2, -0.15) is 0 Å². The predicted molar refractivity (Wildman–Crippen MR) is 111 cm³/mol. The Morgan fingerprint density at radius 3 is 2.39 bits per heavy atom. The smallest absolute Gasteiger partial charge is 0.267 e. The second kappa shape index (κ2) is 8.67. The molecule has 5 nitrogen and oxygen atoms in total. The lowest BCUT2D eigenvalue weighted by atomic mass is 9.98. The van der Waals surface area contributed by atoms with Gasteiger partial charge >= 0.3 is 0 Å². The number of nitrogens with zero attached hydrogens (tertiary/aromatic N) is 1. The van der Waals surface area contributed by atoms with Crippen LogP contribution in [0.3, 0.4) is 0 Å². The third-order valence-corrected chi connectivity index (χ3v) is 4.55. The van der Waals surface area contributed by atoms with Crippen LogP contribution < -0.4 is 5.32 Å². The molecular formula is C23H25N3O2. The van der Waals surface area contributed by atoms with E-state index in [0.717, 1.165) is 23.2 Å². The van der Waals surface area contributed by atoms with E-state index in [2.05, 4.69) is 59.6 Å². The largest absolute Gasteiger partial charge is 0.356 e. The Hall–Kier alpha value is -3.18. The molecule has 0 aliphatic carbocycles. The van der Waals surface area contributed by atoms with Crippen molar-refractivity contribution in [3.8, 4) is 11.1 Å². The molecule has 144 valence electrons. The van der Waals surface area contributed by atoms with Crippen LogP contribution in [0.1, 0.15) is 38.9 Å². The third kappa shape index (κ3) is 4.75. The van der Waals surface area contributed by atoms with Crippen LogP contribution in [0.15, 0.2) is 60.8 Å². The molecule has 5 heteroatoms. The van der Waals surface area contributed by atoms with E-state index in [1.807, 2.05) is 18.2 Å². The predicted octanol–water partition coefficient (Wildman–Crippen LogP) is 3.88. The molecule has 0 spiro atoms. The number of nitrogens with one attached hydrogen (secondary N) is 2. The highest BCUT2D eigenvalue weighted by Crippen LogP contribution is 2.24. The maximum absolute atomic E-state index is 12.4. The fourth-order valence-electron chi connectivity index (χ4n) is 3.11. The summed E-state index contributed by atoms with van der Waals surface area (Å²) >= 11 is 0. The van der Waals surface area contributed by atoms with Gasteiger partial charge in [0.25, 0.3) is 5.91 Å². The number of carbonyl (C=O) groups excluding carboxylic acids is 2. The highest BCUT2D eigenvalue weighted by molar-refractivity contribution is 5.99. The van der Waals surface area contributed by atoms with Gasteiger partial charge in [-0.05, 0) is 49.3 Å². The van der Waals surface area contributed by atoms with Gasteiger partial charge < -0.3 is 15.2 Å². The van der Waals surface area contributed by atoms with Crippen molar-refractivity contribution in [3.05, 3.63) is 83.2 Å². The lowest BCUT2D eigenvalue weighted by Crippen LogP contribution is -2.23. The lowest BCUT2D eigenvalue weighted by Gasteiger charge is -2.13. The Labute approximate surface area is 165 Å². The molecule has 0 unspecified atom stereocenters. The quantitative estimate of drug-likeness (QED) is 0.616. The Morgan fingerprint density at radius 1 is 1.04 bits per heavy atom. The van der Waals surface area contributed by atoms with Gasteiger partial charge in [-0.25, -0.2) is 0 Å². The van der Waals surface area contributed by atoms with E-state index in [1.54, 1.807) is 12.3 Å². The average molecular weight is 375 g/mol. The highest BCUT2D eigenvalue weighted by Gasteiger charge is 2.12. The topological polar surface area (TPSA) is 65.2 Å². The van der Waals surface area contributed by atoms with E-state index in [1.165, 1.54) is 12.5 Å². The number of hydrogen-bond acceptors (Lipinski definition) is 3. The number of rotatable bonds is 7. The normalized spacial score (nSPS) is 10.9. The number of Topliss-reactive ketones (excluding diaryl/α,β-unsaturated/α-hetero) is 1. The minimum Gasteiger partial charge on any atom is -0.356 e. The van der Waals surface area contributed by atoms with E-state index >= 15 is 0 Å². The number of carbonyl (C=O) groups is 2. The van der Waals surface area contributed by atoms with Crippen molar-refractivity contribution in [2.24, 2.45) is 0 Å². The van der Waals surface area contributed by atoms with Crippen molar-refractivity contribution in [1.82, 2.24) is 15.2 Å². The summed E-state index contributed by atoms with van der Waals surface area (Å²) in [6.45, 7) is 2.78. The van der Waals surface area contributed by atoms with Crippen molar-refractivity contribution in [2.75, 3.05) is 14.1 Å². The first kappa shape index (κ1) is 19.6. The molecule has 0 saturated carbocycles. The zero-order valence-corrected chi connectivity index (χ0v) is 16.5. The SMILES string of the molecule is CC(=O)c1c[nH]c(C(=O)NCc2ccccc2-c2ccc(CN(C)C)cc2)c1. The molecule has 3 rings (SSSR count). The van der Waals surface area contributed by atoms with Crippen molar-refractivity contribution in [2.45, 2.75) is 20.0 Å². The first-order chi connectivity index (χ1) is 13.4. The molecule has 3 aromatic rings. The Morgan fingerprint density at radius 2 is 1.75 bits per heavy atom. The van der Waals surface area contributed by atoms with Gasteiger partial charge in [0.2, 0.25) is 0 Å². The molecule has 1 heterocycles. The van der Waals surface area contributed by atoms with Crippen LogP contribution in [-0.2, 0) is 13.1 Å². The highest BCUT2D eigenvalue weighted by atomic mass is 16.2.